The zero-order valence-corrected chi connectivity index (χ0v) is 20.8. The summed E-state index contributed by atoms with van der Waals surface area (Å²) < 4.78 is 20.9. The van der Waals surface area contributed by atoms with Crippen LogP contribution in [-0.4, -0.2) is 39.5 Å². The largest absolute Gasteiger partial charge is 0.490 e. The van der Waals surface area contributed by atoms with Gasteiger partial charge in [0.2, 0.25) is 5.91 Å². The molecule has 1 aliphatic heterocycles. The third-order valence-electron chi connectivity index (χ3n) is 6.43. The highest BCUT2D eigenvalue weighted by Gasteiger charge is 2.28. The number of aromatic nitrogens is 1. The number of hydrogen-bond donors (Lipinski definition) is 1. The summed E-state index contributed by atoms with van der Waals surface area (Å²) in [6, 6.07) is 14.1. The first kappa shape index (κ1) is 25.4. The summed E-state index contributed by atoms with van der Waals surface area (Å²) in [6.07, 6.45) is 2.21. The summed E-state index contributed by atoms with van der Waals surface area (Å²) in [4.78, 5) is 30.7. The lowest BCUT2D eigenvalue weighted by Gasteiger charge is -2.32. The summed E-state index contributed by atoms with van der Waals surface area (Å²) >= 11 is 0. The van der Waals surface area contributed by atoms with Crippen LogP contribution in [0.15, 0.2) is 54.7 Å². The van der Waals surface area contributed by atoms with Gasteiger partial charge in [-0.05, 0) is 72.9 Å². The van der Waals surface area contributed by atoms with E-state index in [1.54, 1.807) is 35.4 Å². The molecule has 0 saturated carbocycles. The van der Waals surface area contributed by atoms with Gasteiger partial charge in [0, 0.05) is 42.9 Å². The van der Waals surface area contributed by atoms with Crippen LogP contribution >= 0.6 is 0 Å². The lowest BCUT2D eigenvalue weighted by atomic mass is 9.89. The van der Waals surface area contributed by atoms with Crippen molar-refractivity contribution in [2.45, 2.75) is 58.6 Å². The van der Waals surface area contributed by atoms with Gasteiger partial charge in [-0.2, -0.15) is 0 Å². The number of fused-ring (bicyclic) bond motifs is 1. The molecule has 0 aliphatic carbocycles. The second-order valence-corrected chi connectivity index (χ2v) is 9.54. The number of nitrogens with zero attached hydrogens (tertiary/aromatic N) is 2. The zero-order valence-electron chi connectivity index (χ0n) is 20.8. The molecule has 6 nitrogen and oxygen atoms in total. The van der Waals surface area contributed by atoms with Crippen molar-refractivity contribution in [2.24, 2.45) is 0 Å². The van der Waals surface area contributed by atoms with Crippen LogP contribution in [0.25, 0.3) is 11.1 Å². The van der Waals surface area contributed by atoms with Crippen molar-refractivity contribution in [3.63, 3.8) is 0 Å². The molecule has 1 atom stereocenters. The Labute approximate surface area is 210 Å². The predicted molar refractivity (Wildman–Crippen MR) is 135 cm³/mol. The number of carboxylic acids is 1. The SMILES string of the molecule is CC(C)Oc1ccc(CC(=O)O)cc1-c1ccc(F)c2c1CN(C(=O)CC(C)c1ccccn1)CC2. The van der Waals surface area contributed by atoms with E-state index in [-0.39, 0.29) is 36.7 Å². The number of pyridine rings is 1. The molecule has 1 unspecified atom stereocenters. The number of carboxylic acid groups (broad SMARTS) is 1. The van der Waals surface area contributed by atoms with Crippen LogP contribution in [0.2, 0.25) is 0 Å². The molecule has 36 heavy (non-hydrogen) atoms. The maximum absolute atomic E-state index is 14.9. The minimum absolute atomic E-state index is 0.00713. The van der Waals surface area contributed by atoms with Gasteiger partial charge in [0.05, 0.1) is 12.5 Å². The Morgan fingerprint density at radius 1 is 1.08 bits per heavy atom. The first-order chi connectivity index (χ1) is 17.2. The normalized spacial score (nSPS) is 13.9. The highest BCUT2D eigenvalue weighted by atomic mass is 19.1. The lowest BCUT2D eigenvalue weighted by molar-refractivity contribution is -0.136. The first-order valence-corrected chi connectivity index (χ1v) is 12.2. The minimum Gasteiger partial charge on any atom is -0.490 e. The average Bonchev–Trinajstić information content (AvgIpc) is 2.85. The molecule has 0 radical (unpaired) electrons. The number of carbonyl (C=O) groups excluding carboxylic acids is 1. The molecule has 3 aromatic rings. The van der Waals surface area contributed by atoms with Gasteiger partial charge in [0.15, 0.2) is 0 Å². The van der Waals surface area contributed by atoms with Gasteiger partial charge in [0.1, 0.15) is 11.6 Å². The van der Waals surface area contributed by atoms with Crippen LogP contribution in [0.3, 0.4) is 0 Å². The third kappa shape index (κ3) is 5.73. The summed E-state index contributed by atoms with van der Waals surface area (Å²) in [5, 5.41) is 9.29. The number of benzene rings is 2. The second-order valence-electron chi connectivity index (χ2n) is 9.54. The molecule has 7 heteroatoms. The van der Waals surface area contributed by atoms with Crippen LogP contribution in [0, 0.1) is 5.82 Å². The van der Waals surface area contributed by atoms with E-state index in [4.69, 9.17) is 4.74 Å². The summed E-state index contributed by atoms with van der Waals surface area (Å²) in [7, 11) is 0. The molecule has 1 aromatic heterocycles. The fraction of sp³-hybridized carbons (Fsp3) is 0.345. The van der Waals surface area contributed by atoms with E-state index in [1.807, 2.05) is 39.0 Å². The van der Waals surface area contributed by atoms with Gasteiger partial charge in [-0.1, -0.05) is 25.1 Å². The Hall–Kier alpha value is -3.74. The average molecular weight is 491 g/mol. The van der Waals surface area contributed by atoms with Crippen molar-refractivity contribution in [3.8, 4) is 16.9 Å². The molecule has 0 saturated heterocycles. The summed E-state index contributed by atoms with van der Waals surface area (Å²) in [5.74, 6) is -0.674. The van der Waals surface area contributed by atoms with Gasteiger partial charge >= 0.3 is 5.97 Å². The molecule has 0 spiro atoms. The van der Waals surface area contributed by atoms with Crippen molar-refractivity contribution < 1.29 is 23.8 Å². The van der Waals surface area contributed by atoms with E-state index in [9.17, 15) is 19.1 Å². The Kier molecular flexibility index (Phi) is 7.67. The smallest absolute Gasteiger partial charge is 0.307 e. The lowest BCUT2D eigenvalue weighted by Crippen LogP contribution is -2.37. The number of carbonyl (C=O) groups is 2. The van der Waals surface area contributed by atoms with E-state index >= 15 is 0 Å². The second kappa shape index (κ2) is 10.9. The van der Waals surface area contributed by atoms with Crippen molar-refractivity contribution >= 4 is 11.9 Å². The van der Waals surface area contributed by atoms with Crippen molar-refractivity contribution in [2.75, 3.05) is 6.54 Å². The molecule has 1 amide bonds. The summed E-state index contributed by atoms with van der Waals surface area (Å²) in [6.45, 7) is 6.53. The van der Waals surface area contributed by atoms with Gasteiger partial charge in [0.25, 0.3) is 0 Å². The quantitative estimate of drug-likeness (QED) is 0.459. The Morgan fingerprint density at radius 2 is 1.89 bits per heavy atom. The van der Waals surface area contributed by atoms with Gasteiger partial charge in [-0.3, -0.25) is 14.6 Å². The highest BCUT2D eigenvalue weighted by Crippen LogP contribution is 2.38. The molecule has 0 bridgehead atoms. The van der Waals surface area contributed by atoms with E-state index in [0.29, 0.717) is 41.8 Å². The number of hydrogen-bond acceptors (Lipinski definition) is 4. The van der Waals surface area contributed by atoms with E-state index < -0.39 is 5.97 Å². The number of halogens is 1. The minimum atomic E-state index is -0.932. The topological polar surface area (TPSA) is 79.7 Å². The van der Waals surface area contributed by atoms with E-state index in [2.05, 4.69) is 4.98 Å². The standard InChI is InChI=1S/C29H31FN2O4/c1-18(2)36-27-10-7-20(16-29(34)35)15-23(27)21-8-9-25(30)22-11-13-32(17-24(21)22)28(33)14-19(3)26-6-4-5-12-31-26/h4-10,12,15,18-19H,11,13-14,16-17H2,1-3H3,(H,34,35). The van der Waals surface area contributed by atoms with Crippen LogP contribution in [0.1, 0.15) is 55.5 Å². The van der Waals surface area contributed by atoms with E-state index in [1.165, 1.54) is 6.07 Å². The maximum atomic E-state index is 14.9. The van der Waals surface area contributed by atoms with E-state index in [0.717, 1.165) is 16.8 Å². The zero-order chi connectivity index (χ0) is 25.8. The Morgan fingerprint density at radius 3 is 2.58 bits per heavy atom. The molecular formula is C29H31FN2O4. The summed E-state index contributed by atoms with van der Waals surface area (Å²) in [5.41, 5.74) is 4.27. The van der Waals surface area contributed by atoms with Gasteiger partial charge in [-0.25, -0.2) is 4.39 Å². The number of aliphatic carboxylic acids is 1. The predicted octanol–water partition coefficient (Wildman–Crippen LogP) is 5.38. The van der Waals surface area contributed by atoms with Gasteiger partial charge < -0.3 is 14.7 Å². The Balaban J connectivity index is 1.68. The van der Waals surface area contributed by atoms with Crippen LogP contribution in [0.5, 0.6) is 5.75 Å². The number of ether oxygens (including phenoxy) is 1. The molecule has 0 fully saturated rings. The molecule has 2 aromatic carbocycles. The fourth-order valence-electron chi connectivity index (χ4n) is 4.69. The Bertz CT molecular complexity index is 1260. The third-order valence-corrected chi connectivity index (χ3v) is 6.43. The van der Waals surface area contributed by atoms with Crippen molar-refractivity contribution in [1.82, 2.24) is 9.88 Å². The van der Waals surface area contributed by atoms with Crippen LogP contribution in [-0.2, 0) is 29.0 Å². The van der Waals surface area contributed by atoms with Crippen LogP contribution < -0.4 is 4.74 Å². The van der Waals surface area contributed by atoms with Crippen molar-refractivity contribution in [3.05, 3.63) is 82.9 Å². The molecule has 4 rings (SSSR count). The number of rotatable bonds is 8. The number of amides is 1. The molecular weight excluding hydrogens is 459 g/mol. The maximum Gasteiger partial charge on any atom is 0.307 e. The molecule has 1 N–H and O–H groups in total. The van der Waals surface area contributed by atoms with Crippen molar-refractivity contribution in [1.29, 1.82) is 0 Å². The molecule has 188 valence electrons. The highest BCUT2D eigenvalue weighted by molar-refractivity contribution is 5.80. The fourth-order valence-corrected chi connectivity index (χ4v) is 4.69. The van der Waals surface area contributed by atoms with Crippen LogP contribution in [0.4, 0.5) is 4.39 Å². The van der Waals surface area contributed by atoms with Gasteiger partial charge in [-0.15, -0.1) is 0 Å². The molecule has 1 aliphatic rings. The molecule has 2 heterocycles. The first-order valence-electron chi connectivity index (χ1n) is 12.2. The monoisotopic (exact) mass is 490 g/mol.